The summed E-state index contributed by atoms with van der Waals surface area (Å²) in [6.45, 7) is 4.07. The number of hydrazine groups is 1. The van der Waals surface area contributed by atoms with Crippen LogP contribution in [-0.2, 0) is 0 Å². The maximum Gasteiger partial charge on any atom is 0.181 e. The van der Waals surface area contributed by atoms with Crippen LogP contribution in [0.4, 0.5) is 5.82 Å². The number of nitrogens with zero attached hydrogens (tertiary/aromatic N) is 3. The normalized spacial score (nSPS) is 19.1. The summed E-state index contributed by atoms with van der Waals surface area (Å²) in [4.78, 5) is 8.84. The highest BCUT2D eigenvalue weighted by molar-refractivity contribution is 8.13. The number of pyridine rings is 1. The molecule has 1 aliphatic rings. The fraction of sp³-hybridized carbons (Fsp3) is 0.400. The Balaban J connectivity index is 2.30. The number of hydrogen-bond acceptors (Lipinski definition) is 5. The Kier molecular flexibility index (Phi) is 2.67. The predicted octanol–water partition coefficient (Wildman–Crippen LogP) is 1.86. The molecule has 0 bridgehead atoms. The molecule has 0 aromatic carbocycles. The van der Waals surface area contributed by atoms with Gasteiger partial charge in [0.15, 0.2) is 5.17 Å². The Morgan fingerprint density at radius 1 is 1.40 bits per heavy atom. The van der Waals surface area contributed by atoms with Crippen LogP contribution in [-0.4, -0.2) is 22.1 Å². The van der Waals surface area contributed by atoms with Gasteiger partial charge in [0.1, 0.15) is 11.5 Å². The zero-order valence-corrected chi connectivity index (χ0v) is 9.88. The molecular weight excluding hydrogens is 208 g/mol. The molecule has 2 heterocycles. The fourth-order valence-corrected chi connectivity index (χ4v) is 2.06. The number of amidine groups is 1. The lowest BCUT2D eigenvalue weighted by Gasteiger charge is -2.22. The molecule has 4 nitrogen and oxygen atoms in total. The third-order valence-corrected chi connectivity index (χ3v) is 2.65. The van der Waals surface area contributed by atoms with E-state index < -0.39 is 0 Å². The average Bonchev–Trinajstić information content (AvgIpc) is 2.55. The molecule has 1 aliphatic heterocycles. The minimum absolute atomic E-state index is 0.254. The van der Waals surface area contributed by atoms with E-state index in [0.717, 1.165) is 11.0 Å². The van der Waals surface area contributed by atoms with Crippen LogP contribution >= 0.6 is 11.8 Å². The van der Waals surface area contributed by atoms with Crippen LogP contribution in [0.2, 0.25) is 0 Å². The first-order valence-electron chi connectivity index (χ1n) is 4.75. The monoisotopic (exact) mass is 222 g/mol. The predicted molar refractivity (Wildman–Crippen MR) is 64.9 cm³/mol. The standard InChI is InChI=1S/C10H14N4S/c1-10(2)12-9(15-3)14(13-10)8-6-4-5-7-11-8/h4-7,13H,1-3H3. The zero-order chi connectivity index (χ0) is 10.9. The van der Waals surface area contributed by atoms with Gasteiger partial charge in [-0.2, -0.15) is 5.43 Å². The van der Waals surface area contributed by atoms with Crippen molar-refractivity contribution in [2.75, 3.05) is 11.3 Å². The van der Waals surface area contributed by atoms with E-state index in [1.54, 1.807) is 18.0 Å². The highest BCUT2D eigenvalue weighted by Crippen LogP contribution is 2.23. The second-order valence-electron chi connectivity index (χ2n) is 3.79. The first-order chi connectivity index (χ1) is 7.12. The number of aliphatic imine (C=N–C) groups is 1. The largest absolute Gasteiger partial charge is 0.238 e. The van der Waals surface area contributed by atoms with Crippen LogP contribution in [0, 0.1) is 0 Å². The molecule has 1 aromatic heterocycles. The third kappa shape index (κ3) is 2.13. The maximum absolute atomic E-state index is 4.55. The first-order valence-corrected chi connectivity index (χ1v) is 5.98. The summed E-state index contributed by atoms with van der Waals surface area (Å²) >= 11 is 1.61. The minimum Gasteiger partial charge on any atom is -0.238 e. The van der Waals surface area contributed by atoms with E-state index in [4.69, 9.17) is 0 Å². The van der Waals surface area contributed by atoms with Gasteiger partial charge < -0.3 is 0 Å². The molecule has 0 amide bonds. The van der Waals surface area contributed by atoms with Crippen molar-refractivity contribution in [3.63, 3.8) is 0 Å². The number of rotatable bonds is 1. The van der Waals surface area contributed by atoms with Crippen molar-refractivity contribution in [2.24, 2.45) is 4.99 Å². The summed E-state index contributed by atoms with van der Waals surface area (Å²) in [5.41, 5.74) is 3.04. The van der Waals surface area contributed by atoms with Crippen LogP contribution in [0.5, 0.6) is 0 Å². The molecule has 0 radical (unpaired) electrons. The van der Waals surface area contributed by atoms with Crippen molar-refractivity contribution in [3.8, 4) is 0 Å². The van der Waals surface area contributed by atoms with Gasteiger partial charge in [-0.25, -0.2) is 15.0 Å². The molecule has 0 fully saturated rings. The topological polar surface area (TPSA) is 40.5 Å². The summed E-state index contributed by atoms with van der Waals surface area (Å²) < 4.78 is 0. The summed E-state index contributed by atoms with van der Waals surface area (Å²) in [6, 6.07) is 5.83. The molecule has 2 rings (SSSR count). The lowest BCUT2D eigenvalue weighted by atomic mass is 10.3. The average molecular weight is 222 g/mol. The Morgan fingerprint density at radius 2 is 2.20 bits per heavy atom. The Hall–Kier alpha value is -1.07. The zero-order valence-electron chi connectivity index (χ0n) is 9.06. The second-order valence-corrected chi connectivity index (χ2v) is 4.57. The molecule has 0 spiro atoms. The van der Waals surface area contributed by atoms with Gasteiger partial charge in [0.2, 0.25) is 0 Å². The van der Waals surface area contributed by atoms with Gasteiger partial charge in [-0.15, -0.1) is 0 Å². The van der Waals surface area contributed by atoms with Gasteiger partial charge in [0.25, 0.3) is 0 Å². The van der Waals surface area contributed by atoms with E-state index in [1.807, 2.05) is 43.3 Å². The molecule has 15 heavy (non-hydrogen) atoms. The lowest BCUT2D eigenvalue weighted by molar-refractivity contribution is 0.447. The second kappa shape index (κ2) is 3.83. The summed E-state index contributed by atoms with van der Waals surface area (Å²) in [5.74, 6) is 0.871. The Bertz CT molecular complexity index is 374. The van der Waals surface area contributed by atoms with Crippen LogP contribution in [0.3, 0.4) is 0 Å². The molecule has 0 saturated carbocycles. The summed E-state index contributed by atoms with van der Waals surface area (Å²) in [7, 11) is 0. The molecular formula is C10H14N4S. The summed E-state index contributed by atoms with van der Waals surface area (Å²) in [5, 5.41) is 2.86. The van der Waals surface area contributed by atoms with Gasteiger partial charge in [-0.1, -0.05) is 17.8 Å². The maximum atomic E-state index is 4.55. The number of thioether (sulfide) groups is 1. The van der Waals surface area contributed by atoms with Crippen molar-refractivity contribution >= 4 is 22.7 Å². The minimum atomic E-state index is -0.254. The molecule has 0 atom stereocenters. The molecule has 0 aliphatic carbocycles. The van der Waals surface area contributed by atoms with E-state index in [0.29, 0.717) is 0 Å². The van der Waals surface area contributed by atoms with Crippen molar-refractivity contribution < 1.29 is 0 Å². The van der Waals surface area contributed by atoms with Gasteiger partial charge in [0, 0.05) is 6.20 Å². The number of hydrogen-bond donors (Lipinski definition) is 1. The lowest BCUT2D eigenvalue weighted by Crippen LogP contribution is -2.45. The summed E-state index contributed by atoms with van der Waals surface area (Å²) in [6.07, 6.45) is 3.79. The van der Waals surface area contributed by atoms with E-state index in [-0.39, 0.29) is 5.66 Å². The van der Waals surface area contributed by atoms with Gasteiger partial charge in [-0.3, -0.25) is 0 Å². The van der Waals surface area contributed by atoms with Crippen LogP contribution in [0.15, 0.2) is 29.4 Å². The quantitative estimate of drug-likeness (QED) is 0.787. The SMILES string of the molecule is CSC1=NC(C)(C)NN1c1ccccn1. The molecule has 5 heteroatoms. The van der Waals surface area contributed by atoms with Gasteiger partial charge in [0.05, 0.1) is 0 Å². The van der Waals surface area contributed by atoms with Crippen LogP contribution < -0.4 is 10.4 Å². The molecule has 1 aromatic rings. The van der Waals surface area contributed by atoms with Crippen LogP contribution in [0.25, 0.3) is 0 Å². The van der Waals surface area contributed by atoms with E-state index in [2.05, 4.69) is 15.4 Å². The first kappa shape index (κ1) is 10.4. The van der Waals surface area contributed by atoms with E-state index in [9.17, 15) is 0 Å². The Labute approximate surface area is 93.8 Å². The third-order valence-electron chi connectivity index (χ3n) is 2.01. The Morgan fingerprint density at radius 3 is 2.80 bits per heavy atom. The van der Waals surface area contributed by atoms with E-state index in [1.165, 1.54) is 0 Å². The van der Waals surface area contributed by atoms with E-state index >= 15 is 0 Å². The van der Waals surface area contributed by atoms with Gasteiger partial charge in [-0.05, 0) is 32.2 Å². The smallest absolute Gasteiger partial charge is 0.181 e. The van der Waals surface area contributed by atoms with Crippen molar-refractivity contribution in [1.82, 2.24) is 10.4 Å². The van der Waals surface area contributed by atoms with Crippen molar-refractivity contribution in [2.45, 2.75) is 19.5 Å². The van der Waals surface area contributed by atoms with Gasteiger partial charge >= 0.3 is 0 Å². The molecule has 80 valence electrons. The molecule has 0 saturated heterocycles. The number of anilines is 1. The van der Waals surface area contributed by atoms with Crippen LogP contribution in [0.1, 0.15) is 13.8 Å². The highest BCUT2D eigenvalue weighted by atomic mass is 32.2. The number of nitrogens with one attached hydrogen (secondary N) is 1. The highest BCUT2D eigenvalue weighted by Gasteiger charge is 2.31. The van der Waals surface area contributed by atoms with Crippen molar-refractivity contribution in [1.29, 1.82) is 0 Å². The molecule has 1 N–H and O–H groups in total. The fourth-order valence-electron chi connectivity index (χ4n) is 1.41. The molecule has 0 unspecified atom stereocenters. The number of aromatic nitrogens is 1. The van der Waals surface area contributed by atoms with Crippen molar-refractivity contribution in [3.05, 3.63) is 24.4 Å².